The van der Waals surface area contributed by atoms with Gasteiger partial charge >= 0.3 is 0 Å². The van der Waals surface area contributed by atoms with E-state index in [-0.39, 0.29) is 11.7 Å². The number of thioether (sulfide) groups is 1. The van der Waals surface area contributed by atoms with Crippen LogP contribution in [0.3, 0.4) is 0 Å². The van der Waals surface area contributed by atoms with Crippen molar-refractivity contribution < 1.29 is 14.4 Å². The van der Waals surface area contributed by atoms with E-state index >= 15 is 0 Å². The summed E-state index contributed by atoms with van der Waals surface area (Å²) >= 11 is 1.67. The van der Waals surface area contributed by atoms with Crippen LogP contribution in [0.15, 0.2) is 41.8 Å². The van der Waals surface area contributed by atoms with Crippen LogP contribution in [0.4, 0.5) is 0 Å². The zero-order valence-electron chi connectivity index (χ0n) is 19.8. The predicted molar refractivity (Wildman–Crippen MR) is 135 cm³/mol. The van der Waals surface area contributed by atoms with Crippen molar-refractivity contribution in [3.8, 4) is 0 Å². The molecule has 0 bridgehead atoms. The number of piperidine rings is 1. The van der Waals surface area contributed by atoms with Crippen LogP contribution in [0.5, 0.6) is 0 Å². The summed E-state index contributed by atoms with van der Waals surface area (Å²) in [5.74, 6) is 0.348. The molecule has 2 unspecified atom stereocenters. The van der Waals surface area contributed by atoms with Crippen molar-refractivity contribution >= 4 is 29.4 Å². The molecule has 0 aromatic heterocycles. The second-order valence-corrected chi connectivity index (χ2v) is 9.50. The molecule has 0 saturated carbocycles. The molecule has 8 heteroatoms. The summed E-state index contributed by atoms with van der Waals surface area (Å²) in [7, 11) is 0. The fraction of sp³-hybridized carbons (Fsp3) is 0.560. The average Bonchev–Trinajstić information content (AvgIpc) is 2.85. The lowest BCUT2D eigenvalue weighted by Crippen LogP contribution is -2.60. The van der Waals surface area contributed by atoms with Crippen LogP contribution < -0.4 is 16.8 Å². The number of carbonyl (C=O) groups is 3. The number of carbonyl (C=O) groups excluding carboxylic acids is 3. The smallest absolute Gasteiger partial charge is 0.241 e. The Labute approximate surface area is 201 Å². The topological polar surface area (TPSA) is 119 Å². The fourth-order valence-electron chi connectivity index (χ4n) is 4.24. The number of nitrogens with two attached hydrogens (primary N) is 2. The van der Waals surface area contributed by atoms with Crippen molar-refractivity contribution in [3.63, 3.8) is 0 Å². The lowest BCUT2D eigenvalue weighted by atomic mass is 9.68. The first-order valence-electron chi connectivity index (χ1n) is 11.8. The number of rotatable bonds is 12. The summed E-state index contributed by atoms with van der Waals surface area (Å²) in [4.78, 5) is 40.1. The molecule has 182 valence electrons. The van der Waals surface area contributed by atoms with Crippen LogP contribution in [-0.2, 0) is 19.8 Å². The van der Waals surface area contributed by atoms with Gasteiger partial charge in [0.2, 0.25) is 11.8 Å². The van der Waals surface area contributed by atoms with E-state index in [9.17, 15) is 14.4 Å². The Kier molecular flexibility index (Phi) is 11.1. The lowest BCUT2D eigenvalue weighted by molar-refractivity contribution is -0.139. The van der Waals surface area contributed by atoms with E-state index in [1.54, 1.807) is 16.7 Å². The second-order valence-electron chi connectivity index (χ2n) is 8.48. The number of nitrogens with zero attached hydrogens (tertiary/aromatic N) is 1. The number of allylic oxidation sites excluding steroid dienone is 1. The molecule has 1 aromatic carbocycles. The quantitative estimate of drug-likeness (QED) is 0.400. The molecule has 0 aliphatic carbocycles. The van der Waals surface area contributed by atoms with Gasteiger partial charge in [-0.25, -0.2) is 0 Å². The second kappa shape index (κ2) is 13.5. The van der Waals surface area contributed by atoms with E-state index < -0.39 is 23.4 Å². The molecular formula is C25H38N4O3S. The van der Waals surface area contributed by atoms with Gasteiger partial charge in [-0.3, -0.25) is 14.4 Å². The van der Waals surface area contributed by atoms with Gasteiger partial charge < -0.3 is 21.7 Å². The molecule has 1 aromatic rings. The first-order valence-corrected chi connectivity index (χ1v) is 12.8. The van der Waals surface area contributed by atoms with Crippen LogP contribution in [0.25, 0.3) is 0 Å². The standard InChI is InChI=1S/C25H38N4O3S/c1-3-9-20(30)25(19-10-6-5-7-11-19)12-15-29(16-13-25)24(32)22(27)21(26)23(31)28-14-8-18-33-17-4-2/h4-7,10-11,17,21-22H,3,8-9,12-16,18,26-27H2,1-2H3,(H,28,31)/b17-4-. The van der Waals surface area contributed by atoms with Crippen molar-refractivity contribution in [1.82, 2.24) is 10.2 Å². The van der Waals surface area contributed by atoms with E-state index in [0.29, 0.717) is 38.9 Å². The molecule has 0 radical (unpaired) electrons. The van der Waals surface area contributed by atoms with E-state index in [1.807, 2.05) is 55.7 Å². The van der Waals surface area contributed by atoms with Crippen molar-refractivity contribution in [2.75, 3.05) is 25.4 Å². The molecule has 33 heavy (non-hydrogen) atoms. The van der Waals surface area contributed by atoms with Gasteiger partial charge in [-0.1, -0.05) is 43.3 Å². The minimum Gasteiger partial charge on any atom is -0.355 e. The summed E-state index contributed by atoms with van der Waals surface area (Å²) in [6, 6.07) is 7.59. The van der Waals surface area contributed by atoms with Crippen LogP contribution >= 0.6 is 11.8 Å². The SMILES string of the molecule is C/C=C\SCCCNC(=O)C(N)C(N)C(=O)N1CCC(C(=O)CCC)(c2ccccc2)CC1. The maximum atomic E-state index is 13.1. The zero-order valence-corrected chi connectivity index (χ0v) is 20.6. The number of ketones is 1. The first-order chi connectivity index (χ1) is 15.9. The predicted octanol–water partition coefficient (Wildman–Crippen LogP) is 2.34. The van der Waals surface area contributed by atoms with Crippen molar-refractivity contribution in [3.05, 3.63) is 47.4 Å². The van der Waals surface area contributed by atoms with E-state index in [0.717, 1.165) is 24.2 Å². The maximum Gasteiger partial charge on any atom is 0.241 e. The van der Waals surface area contributed by atoms with Crippen molar-refractivity contribution in [2.24, 2.45) is 11.5 Å². The van der Waals surface area contributed by atoms with Gasteiger partial charge in [0.05, 0.1) is 5.41 Å². The summed E-state index contributed by atoms with van der Waals surface area (Å²) in [5.41, 5.74) is 12.5. The highest BCUT2D eigenvalue weighted by Gasteiger charge is 2.43. The molecule has 2 atom stereocenters. The van der Waals surface area contributed by atoms with Crippen molar-refractivity contribution in [2.45, 2.75) is 63.5 Å². The van der Waals surface area contributed by atoms with Gasteiger partial charge in [0.15, 0.2) is 0 Å². The zero-order chi connectivity index (χ0) is 24.3. The van der Waals surface area contributed by atoms with E-state index in [4.69, 9.17) is 11.5 Å². The molecule has 1 saturated heterocycles. The van der Waals surface area contributed by atoms with Gasteiger partial charge in [0, 0.05) is 26.1 Å². The Bertz CT molecular complexity index is 807. The summed E-state index contributed by atoms with van der Waals surface area (Å²) in [6.45, 7) is 5.27. The largest absolute Gasteiger partial charge is 0.355 e. The number of likely N-dealkylation sites (tertiary alicyclic amines) is 1. The third-order valence-electron chi connectivity index (χ3n) is 6.21. The highest BCUT2D eigenvalue weighted by atomic mass is 32.2. The minimum atomic E-state index is -1.11. The molecule has 2 amide bonds. The Morgan fingerprint density at radius 2 is 1.82 bits per heavy atom. The highest BCUT2D eigenvalue weighted by molar-refractivity contribution is 8.02. The number of hydrogen-bond acceptors (Lipinski definition) is 6. The lowest BCUT2D eigenvalue weighted by Gasteiger charge is -2.42. The summed E-state index contributed by atoms with van der Waals surface area (Å²) < 4.78 is 0. The number of nitrogens with one attached hydrogen (secondary N) is 1. The van der Waals surface area contributed by atoms with Gasteiger partial charge in [-0.15, -0.1) is 11.8 Å². The fourth-order valence-corrected chi connectivity index (χ4v) is 4.88. The number of Topliss-reactive ketones (excluding diaryl/α,β-unsaturated/α-hetero) is 1. The van der Waals surface area contributed by atoms with Crippen LogP contribution in [0.2, 0.25) is 0 Å². The molecule has 1 aliphatic heterocycles. The maximum absolute atomic E-state index is 13.1. The van der Waals surface area contributed by atoms with E-state index in [1.165, 1.54) is 0 Å². The highest BCUT2D eigenvalue weighted by Crippen LogP contribution is 2.38. The Morgan fingerprint density at radius 1 is 1.15 bits per heavy atom. The molecular weight excluding hydrogens is 436 g/mol. The molecule has 1 aliphatic rings. The number of benzene rings is 1. The third-order valence-corrected chi connectivity index (χ3v) is 7.20. The van der Waals surface area contributed by atoms with Crippen molar-refractivity contribution in [1.29, 1.82) is 0 Å². The van der Waals surface area contributed by atoms with Gasteiger partial charge in [0.1, 0.15) is 17.9 Å². The first kappa shape index (κ1) is 27.1. The van der Waals surface area contributed by atoms with Crippen LogP contribution in [-0.4, -0.2) is 60.0 Å². The van der Waals surface area contributed by atoms with Gasteiger partial charge in [-0.05, 0) is 49.3 Å². The minimum absolute atomic E-state index is 0.219. The normalized spacial score (nSPS) is 17.5. The number of amides is 2. The molecule has 2 rings (SSSR count). The Hall–Kier alpha value is -2.16. The molecule has 7 nitrogen and oxygen atoms in total. The van der Waals surface area contributed by atoms with Crippen LogP contribution in [0, 0.1) is 0 Å². The summed E-state index contributed by atoms with van der Waals surface area (Å²) in [6.07, 6.45) is 5.16. The third kappa shape index (κ3) is 7.16. The summed E-state index contributed by atoms with van der Waals surface area (Å²) in [5, 5.41) is 4.77. The van der Waals surface area contributed by atoms with E-state index in [2.05, 4.69) is 5.32 Å². The monoisotopic (exact) mass is 474 g/mol. The van der Waals surface area contributed by atoms with Gasteiger partial charge in [-0.2, -0.15) is 0 Å². The molecule has 1 heterocycles. The van der Waals surface area contributed by atoms with Gasteiger partial charge in [0.25, 0.3) is 0 Å². The average molecular weight is 475 g/mol. The van der Waals surface area contributed by atoms with Crippen LogP contribution in [0.1, 0.15) is 51.5 Å². The Morgan fingerprint density at radius 3 is 2.42 bits per heavy atom. The Balaban J connectivity index is 1.94. The molecule has 0 spiro atoms. The number of hydrogen-bond donors (Lipinski definition) is 3. The molecule has 1 fully saturated rings. The molecule has 5 N–H and O–H groups in total.